The molecule has 218 valence electrons. The monoisotopic (exact) mass is 532 g/mol. The first-order valence-corrected chi connectivity index (χ1v) is 14.0. The quantitative estimate of drug-likeness (QED) is 0.0960. The van der Waals surface area contributed by atoms with Crippen molar-refractivity contribution in [3.63, 3.8) is 0 Å². The number of carboxylic acid groups (broad SMARTS) is 3. The van der Waals surface area contributed by atoms with Crippen LogP contribution in [0.5, 0.6) is 0 Å². The molecule has 3 atom stereocenters. The largest absolute Gasteiger partial charge is 0.479 e. The number of carbonyl (C=O) groups is 3. The lowest BCUT2D eigenvalue weighted by molar-refractivity contribution is -0.328. The zero-order valence-electron chi connectivity index (χ0n) is 23.8. The van der Waals surface area contributed by atoms with E-state index in [1.54, 1.807) is 0 Å². The molecule has 3 unspecified atom stereocenters. The van der Waals surface area contributed by atoms with Gasteiger partial charge in [0.15, 0.2) is 18.3 Å². The average molecular weight is 533 g/mol. The Morgan fingerprint density at radius 2 is 0.676 bits per heavy atom. The fourth-order valence-corrected chi connectivity index (χ4v) is 3.89. The van der Waals surface area contributed by atoms with Crippen molar-refractivity contribution in [2.24, 2.45) is 17.8 Å². The van der Waals surface area contributed by atoms with Gasteiger partial charge in [-0.05, 0) is 37.0 Å². The van der Waals surface area contributed by atoms with Crippen LogP contribution in [0, 0.1) is 17.8 Å². The van der Waals surface area contributed by atoms with E-state index in [2.05, 4.69) is 41.5 Å². The summed E-state index contributed by atoms with van der Waals surface area (Å²) in [4.78, 5) is 35.6. The van der Waals surface area contributed by atoms with Gasteiger partial charge in [0.05, 0.1) is 0 Å². The van der Waals surface area contributed by atoms with Crippen LogP contribution in [0.3, 0.4) is 0 Å². The second-order valence-corrected chi connectivity index (χ2v) is 11.2. The van der Waals surface area contributed by atoms with Gasteiger partial charge in [-0.1, -0.05) is 99.3 Å². The standard InChI is InChI=1S/C28H52O9/c1-19(2)13-7-10-16-22(25(29)30)35-28(36-23(26(31)32)17-11-8-14-20(3)4)37-24(27(33)34)18-12-9-15-21(5)6/h19-24,28H,7-18H2,1-6H3,(H,29,30)(H,31,32)(H,33,34). The van der Waals surface area contributed by atoms with Crippen molar-refractivity contribution in [1.29, 1.82) is 0 Å². The van der Waals surface area contributed by atoms with E-state index in [4.69, 9.17) is 14.2 Å². The van der Waals surface area contributed by atoms with Gasteiger partial charge < -0.3 is 29.5 Å². The maximum atomic E-state index is 11.9. The van der Waals surface area contributed by atoms with Crippen molar-refractivity contribution in [2.45, 2.75) is 143 Å². The third kappa shape index (κ3) is 19.1. The van der Waals surface area contributed by atoms with E-state index in [1.165, 1.54) is 0 Å². The molecule has 0 rings (SSSR count). The van der Waals surface area contributed by atoms with Crippen LogP contribution in [0.2, 0.25) is 0 Å². The van der Waals surface area contributed by atoms with E-state index < -0.39 is 42.7 Å². The molecule has 0 saturated heterocycles. The normalized spacial score (nSPS) is 15.2. The Morgan fingerprint density at radius 1 is 0.459 bits per heavy atom. The lowest BCUT2D eigenvalue weighted by atomic mass is 10.0. The molecule has 0 heterocycles. The molecule has 0 aliphatic rings. The Labute approximate surface area is 223 Å². The van der Waals surface area contributed by atoms with Gasteiger partial charge in [-0.2, -0.15) is 0 Å². The molecule has 0 spiro atoms. The fourth-order valence-electron chi connectivity index (χ4n) is 3.89. The zero-order valence-corrected chi connectivity index (χ0v) is 23.8. The number of aliphatic carboxylic acids is 3. The van der Waals surface area contributed by atoms with E-state index in [0.717, 1.165) is 38.5 Å². The molecular weight excluding hydrogens is 480 g/mol. The highest BCUT2D eigenvalue weighted by molar-refractivity contribution is 5.73. The Bertz CT molecular complexity index is 548. The van der Waals surface area contributed by atoms with Crippen LogP contribution >= 0.6 is 0 Å². The van der Waals surface area contributed by atoms with Gasteiger partial charge in [-0.15, -0.1) is 0 Å². The zero-order chi connectivity index (χ0) is 28.4. The maximum absolute atomic E-state index is 11.9. The minimum Gasteiger partial charge on any atom is -0.479 e. The third-order valence-corrected chi connectivity index (χ3v) is 6.15. The van der Waals surface area contributed by atoms with Crippen molar-refractivity contribution >= 4 is 17.9 Å². The minimum absolute atomic E-state index is 0.184. The number of carboxylic acids is 3. The number of unbranched alkanes of at least 4 members (excludes halogenated alkanes) is 3. The molecule has 0 radical (unpaired) electrons. The van der Waals surface area contributed by atoms with Crippen molar-refractivity contribution < 1.29 is 43.9 Å². The second kappa shape index (κ2) is 20.3. The number of rotatable bonds is 24. The Kier molecular flexibility index (Phi) is 19.3. The molecule has 0 fully saturated rings. The molecule has 0 aromatic heterocycles. The van der Waals surface area contributed by atoms with Gasteiger partial charge in [0.25, 0.3) is 6.48 Å². The molecule has 3 N–H and O–H groups in total. The summed E-state index contributed by atoms with van der Waals surface area (Å²) in [6.45, 7) is 10.8. The molecule has 0 amide bonds. The first-order valence-electron chi connectivity index (χ1n) is 14.0. The van der Waals surface area contributed by atoms with Crippen molar-refractivity contribution in [3.8, 4) is 0 Å². The highest BCUT2D eigenvalue weighted by atomic mass is 16.9. The number of ether oxygens (including phenoxy) is 3. The molecule has 0 saturated carbocycles. The van der Waals surface area contributed by atoms with Gasteiger partial charge in [0.2, 0.25) is 0 Å². The minimum atomic E-state index is -1.72. The average Bonchev–Trinajstić information content (AvgIpc) is 2.78. The molecule has 9 nitrogen and oxygen atoms in total. The third-order valence-electron chi connectivity index (χ3n) is 6.15. The van der Waals surface area contributed by atoms with Crippen molar-refractivity contribution in [3.05, 3.63) is 0 Å². The van der Waals surface area contributed by atoms with E-state index in [-0.39, 0.29) is 19.3 Å². The number of hydrogen-bond acceptors (Lipinski definition) is 6. The fraction of sp³-hybridized carbons (Fsp3) is 0.893. The summed E-state index contributed by atoms with van der Waals surface area (Å²) in [5.74, 6) is -2.22. The Balaban J connectivity index is 5.46. The highest BCUT2D eigenvalue weighted by Gasteiger charge is 2.32. The van der Waals surface area contributed by atoms with Gasteiger partial charge in [-0.25, -0.2) is 14.4 Å². The molecular formula is C28H52O9. The van der Waals surface area contributed by atoms with Crippen LogP contribution in [0.25, 0.3) is 0 Å². The summed E-state index contributed by atoms with van der Waals surface area (Å²) in [5, 5.41) is 29.1. The molecule has 0 aromatic carbocycles. The van der Waals surface area contributed by atoms with Gasteiger partial charge in [0, 0.05) is 0 Å². The van der Waals surface area contributed by atoms with E-state index in [9.17, 15) is 29.7 Å². The molecule has 0 aliphatic carbocycles. The Morgan fingerprint density at radius 3 is 0.865 bits per heavy atom. The van der Waals surface area contributed by atoms with Crippen LogP contribution in [0.15, 0.2) is 0 Å². The molecule has 9 heteroatoms. The summed E-state index contributed by atoms with van der Waals surface area (Å²) in [5.41, 5.74) is 0. The lowest BCUT2D eigenvalue weighted by Crippen LogP contribution is -2.41. The first-order chi connectivity index (χ1) is 17.3. The SMILES string of the molecule is CC(C)CCCCC(OC(OC(CCCCC(C)C)C(=O)O)OC(CCCCC(C)C)C(=O)O)C(=O)O. The van der Waals surface area contributed by atoms with Crippen molar-refractivity contribution in [1.82, 2.24) is 0 Å². The predicted molar refractivity (Wildman–Crippen MR) is 141 cm³/mol. The van der Waals surface area contributed by atoms with Crippen LogP contribution < -0.4 is 0 Å². The number of hydrogen-bond donors (Lipinski definition) is 3. The van der Waals surface area contributed by atoms with Crippen molar-refractivity contribution in [2.75, 3.05) is 0 Å². The van der Waals surface area contributed by atoms with E-state index >= 15 is 0 Å². The maximum Gasteiger partial charge on any atom is 0.333 e. The van der Waals surface area contributed by atoms with E-state index in [1.807, 2.05) is 0 Å². The highest BCUT2D eigenvalue weighted by Crippen LogP contribution is 2.20. The summed E-state index contributed by atoms with van der Waals surface area (Å²) in [6.07, 6.45) is 3.71. The van der Waals surface area contributed by atoms with Gasteiger partial charge >= 0.3 is 17.9 Å². The van der Waals surface area contributed by atoms with Crippen LogP contribution in [-0.2, 0) is 28.6 Å². The molecule has 0 aliphatic heterocycles. The molecule has 0 bridgehead atoms. The molecule has 0 aromatic rings. The molecule has 37 heavy (non-hydrogen) atoms. The van der Waals surface area contributed by atoms with E-state index in [0.29, 0.717) is 37.0 Å². The summed E-state index contributed by atoms with van der Waals surface area (Å²) in [6, 6.07) is 0. The van der Waals surface area contributed by atoms with Crippen LogP contribution in [0.1, 0.15) is 119 Å². The second-order valence-electron chi connectivity index (χ2n) is 11.2. The lowest BCUT2D eigenvalue weighted by Gasteiger charge is -2.28. The summed E-state index contributed by atoms with van der Waals surface area (Å²) < 4.78 is 16.8. The van der Waals surface area contributed by atoms with Crippen LogP contribution in [0.4, 0.5) is 0 Å². The van der Waals surface area contributed by atoms with Gasteiger partial charge in [0.1, 0.15) is 0 Å². The summed E-state index contributed by atoms with van der Waals surface area (Å²) in [7, 11) is 0. The van der Waals surface area contributed by atoms with Gasteiger partial charge in [-0.3, -0.25) is 0 Å². The predicted octanol–water partition coefficient (Wildman–Crippen LogP) is 6.33. The first kappa shape index (κ1) is 35.3. The van der Waals surface area contributed by atoms with Crippen LogP contribution in [-0.4, -0.2) is 58.0 Å². The summed E-state index contributed by atoms with van der Waals surface area (Å²) >= 11 is 0. The Hall–Kier alpha value is -1.71. The topological polar surface area (TPSA) is 140 Å². The smallest absolute Gasteiger partial charge is 0.333 e.